The van der Waals surface area contributed by atoms with Crippen LogP contribution in [0.25, 0.3) is 0 Å². The third-order valence-corrected chi connectivity index (χ3v) is 1.65. The van der Waals surface area contributed by atoms with Crippen molar-refractivity contribution in [3.63, 3.8) is 0 Å². The number of aldehydes is 1. The zero-order valence-electron chi connectivity index (χ0n) is 9.32. The van der Waals surface area contributed by atoms with Gasteiger partial charge in [0.15, 0.2) is 0 Å². The maximum atomic E-state index is 9.92. The summed E-state index contributed by atoms with van der Waals surface area (Å²) in [5.74, 6) is 2.34. The Labute approximate surface area is 96.5 Å². The predicted molar refractivity (Wildman–Crippen MR) is 64.6 cm³/mol. The van der Waals surface area contributed by atoms with E-state index in [9.17, 15) is 4.79 Å². The summed E-state index contributed by atoms with van der Waals surface area (Å²) in [6.07, 6.45) is 11.8. The summed E-state index contributed by atoms with van der Waals surface area (Å²) in [5.41, 5.74) is 6.10. The second kappa shape index (κ2) is 11.5. The number of nitrogens with one attached hydrogen (secondary N) is 1. The quantitative estimate of drug-likeness (QED) is 0.253. The van der Waals surface area contributed by atoms with Gasteiger partial charge in [-0.25, -0.2) is 0 Å². The molecule has 0 aromatic rings. The lowest BCUT2D eigenvalue weighted by atomic mass is 10.3. The first-order valence-corrected chi connectivity index (χ1v) is 5.11. The normalized spacial score (nSPS) is 11.6. The molecule has 0 fully saturated rings. The van der Waals surface area contributed by atoms with Crippen molar-refractivity contribution in [3.05, 3.63) is 23.9 Å². The van der Waals surface area contributed by atoms with Crippen LogP contribution in [0.5, 0.6) is 0 Å². The van der Waals surface area contributed by atoms with E-state index >= 15 is 0 Å². The molecule has 16 heavy (non-hydrogen) atoms. The molecule has 0 rings (SSSR count). The minimum absolute atomic E-state index is 0.174. The molecule has 0 saturated heterocycles. The fourth-order valence-corrected chi connectivity index (χ4v) is 0.955. The van der Waals surface area contributed by atoms with Crippen LogP contribution >= 0.6 is 0 Å². The fraction of sp³-hybridized carbons (Fsp3) is 0.417. The van der Waals surface area contributed by atoms with Gasteiger partial charge in [-0.3, -0.25) is 0 Å². The second-order valence-corrected chi connectivity index (χ2v) is 3.01. The van der Waals surface area contributed by atoms with Crippen LogP contribution in [0.4, 0.5) is 0 Å². The van der Waals surface area contributed by atoms with E-state index in [1.807, 2.05) is 6.08 Å². The molecular formula is C12H18N2O2. The van der Waals surface area contributed by atoms with Crippen LogP contribution in [0.2, 0.25) is 0 Å². The number of hydrogen-bond acceptors (Lipinski definition) is 4. The smallest absolute Gasteiger partial charge is 0.145 e. The lowest BCUT2D eigenvalue weighted by molar-refractivity contribution is -0.111. The number of carbonyl (C=O) groups excluding carboxylic acids is 1. The number of terminal acetylenes is 1. The predicted octanol–water partition coefficient (Wildman–Crippen LogP) is 0.214. The van der Waals surface area contributed by atoms with E-state index in [1.165, 1.54) is 6.08 Å². The van der Waals surface area contributed by atoms with Crippen LogP contribution in [0, 0.1) is 12.3 Å². The number of carbonyl (C=O) groups is 1. The van der Waals surface area contributed by atoms with E-state index in [-0.39, 0.29) is 6.61 Å². The van der Waals surface area contributed by atoms with Crippen molar-refractivity contribution in [1.82, 2.24) is 5.32 Å². The molecule has 0 aliphatic heterocycles. The van der Waals surface area contributed by atoms with Crippen molar-refractivity contribution in [2.75, 3.05) is 26.3 Å². The highest BCUT2D eigenvalue weighted by molar-refractivity contribution is 5.50. The SMILES string of the molecule is C#C/C=C(N)\C=C/CNCCCOCC=O. The van der Waals surface area contributed by atoms with Gasteiger partial charge in [0.2, 0.25) is 0 Å². The standard InChI is InChI=1S/C12H18N2O2/c1-2-5-12(13)6-3-7-14-8-4-10-16-11-9-15/h1,3,5-6,9,14H,4,7-8,10-11,13H2/b6-3-,12-5+. The molecule has 0 unspecified atom stereocenters. The van der Waals surface area contributed by atoms with E-state index in [0.717, 1.165) is 25.8 Å². The van der Waals surface area contributed by atoms with Crippen LogP contribution in [0.1, 0.15) is 6.42 Å². The fourth-order valence-electron chi connectivity index (χ4n) is 0.955. The van der Waals surface area contributed by atoms with Crippen molar-refractivity contribution in [3.8, 4) is 12.3 Å². The summed E-state index contributed by atoms with van der Waals surface area (Å²) in [6, 6.07) is 0. The van der Waals surface area contributed by atoms with E-state index < -0.39 is 0 Å². The number of hydrogen-bond donors (Lipinski definition) is 2. The monoisotopic (exact) mass is 222 g/mol. The van der Waals surface area contributed by atoms with E-state index in [1.54, 1.807) is 6.08 Å². The molecule has 0 aromatic heterocycles. The van der Waals surface area contributed by atoms with Gasteiger partial charge in [0.25, 0.3) is 0 Å². The zero-order chi connectivity index (χ0) is 12.1. The summed E-state index contributed by atoms with van der Waals surface area (Å²) >= 11 is 0. The molecule has 4 nitrogen and oxygen atoms in total. The van der Waals surface area contributed by atoms with E-state index in [2.05, 4.69) is 11.2 Å². The molecule has 0 saturated carbocycles. The Hall–Kier alpha value is -1.57. The van der Waals surface area contributed by atoms with Crippen LogP contribution in [-0.4, -0.2) is 32.6 Å². The first-order valence-electron chi connectivity index (χ1n) is 5.11. The lowest BCUT2D eigenvalue weighted by Crippen LogP contribution is -2.17. The van der Waals surface area contributed by atoms with Crippen molar-refractivity contribution in [1.29, 1.82) is 0 Å². The Morgan fingerprint density at radius 3 is 3.06 bits per heavy atom. The van der Waals surface area contributed by atoms with Gasteiger partial charge in [-0.1, -0.05) is 12.0 Å². The summed E-state index contributed by atoms with van der Waals surface area (Å²) in [7, 11) is 0. The van der Waals surface area contributed by atoms with Gasteiger partial charge in [-0.05, 0) is 19.0 Å². The molecule has 3 N–H and O–H groups in total. The maximum Gasteiger partial charge on any atom is 0.145 e. The molecular weight excluding hydrogens is 204 g/mol. The van der Waals surface area contributed by atoms with Gasteiger partial charge in [-0.2, -0.15) is 0 Å². The number of rotatable bonds is 9. The topological polar surface area (TPSA) is 64.3 Å². The maximum absolute atomic E-state index is 9.92. The van der Waals surface area contributed by atoms with Crippen LogP contribution in [0.15, 0.2) is 23.9 Å². The van der Waals surface area contributed by atoms with Gasteiger partial charge in [0, 0.05) is 24.9 Å². The number of nitrogens with two attached hydrogens (primary N) is 1. The molecule has 0 atom stereocenters. The minimum atomic E-state index is 0.174. The van der Waals surface area contributed by atoms with Crippen molar-refractivity contribution in [2.24, 2.45) is 5.73 Å². The van der Waals surface area contributed by atoms with E-state index in [0.29, 0.717) is 12.3 Å². The van der Waals surface area contributed by atoms with E-state index in [4.69, 9.17) is 16.9 Å². The van der Waals surface area contributed by atoms with Gasteiger partial charge >= 0.3 is 0 Å². The van der Waals surface area contributed by atoms with Crippen molar-refractivity contribution < 1.29 is 9.53 Å². The minimum Gasteiger partial charge on any atom is -0.398 e. The third-order valence-electron chi connectivity index (χ3n) is 1.65. The van der Waals surface area contributed by atoms with Gasteiger partial charge < -0.3 is 20.6 Å². The van der Waals surface area contributed by atoms with Gasteiger partial charge in [0.05, 0.1) is 0 Å². The highest BCUT2D eigenvalue weighted by Gasteiger charge is 1.87. The van der Waals surface area contributed by atoms with Crippen molar-refractivity contribution >= 4 is 6.29 Å². The first kappa shape index (κ1) is 14.4. The zero-order valence-corrected chi connectivity index (χ0v) is 9.32. The molecule has 0 spiro atoms. The highest BCUT2D eigenvalue weighted by atomic mass is 16.5. The number of allylic oxidation sites excluding steroid dienone is 2. The Morgan fingerprint density at radius 2 is 2.38 bits per heavy atom. The molecule has 0 radical (unpaired) electrons. The Kier molecular flexibility index (Phi) is 10.4. The average Bonchev–Trinajstić information content (AvgIpc) is 2.27. The second-order valence-electron chi connectivity index (χ2n) is 3.01. The Bertz CT molecular complexity index is 277. The molecule has 0 aliphatic carbocycles. The number of ether oxygens (including phenoxy) is 1. The van der Waals surface area contributed by atoms with Crippen LogP contribution in [-0.2, 0) is 9.53 Å². The third kappa shape index (κ3) is 10.5. The molecule has 4 heteroatoms. The van der Waals surface area contributed by atoms with Crippen LogP contribution < -0.4 is 11.1 Å². The highest BCUT2D eigenvalue weighted by Crippen LogP contribution is 1.85. The lowest BCUT2D eigenvalue weighted by Gasteiger charge is -2.01. The summed E-state index contributed by atoms with van der Waals surface area (Å²) in [6.45, 7) is 2.33. The summed E-state index contributed by atoms with van der Waals surface area (Å²) < 4.78 is 4.98. The van der Waals surface area contributed by atoms with Crippen molar-refractivity contribution in [2.45, 2.75) is 6.42 Å². The molecule has 0 heterocycles. The largest absolute Gasteiger partial charge is 0.398 e. The molecule has 0 amide bonds. The van der Waals surface area contributed by atoms with Crippen LogP contribution in [0.3, 0.4) is 0 Å². The van der Waals surface area contributed by atoms with Gasteiger partial charge in [-0.15, -0.1) is 6.42 Å². The summed E-state index contributed by atoms with van der Waals surface area (Å²) in [4.78, 5) is 9.92. The molecule has 0 aromatic carbocycles. The Morgan fingerprint density at radius 1 is 1.56 bits per heavy atom. The summed E-state index contributed by atoms with van der Waals surface area (Å²) in [5, 5.41) is 3.17. The average molecular weight is 222 g/mol. The molecule has 88 valence electrons. The first-order chi connectivity index (χ1) is 7.81. The molecule has 0 bridgehead atoms. The van der Waals surface area contributed by atoms with Gasteiger partial charge in [0.1, 0.15) is 12.9 Å². The molecule has 0 aliphatic rings. The Balaban J connectivity index is 3.30.